The van der Waals surface area contributed by atoms with Gasteiger partial charge in [-0.05, 0) is 37.1 Å². The molecule has 1 aromatic heterocycles. The number of aliphatic hydroxyl groups is 1. The van der Waals surface area contributed by atoms with Crippen molar-refractivity contribution in [1.82, 2.24) is 14.8 Å². The van der Waals surface area contributed by atoms with Crippen LogP contribution in [0.5, 0.6) is 5.75 Å². The molecular weight excluding hydrogens is 318 g/mol. The van der Waals surface area contributed by atoms with Gasteiger partial charge in [0, 0.05) is 12.5 Å². The van der Waals surface area contributed by atoms with Crippen LogP contribution < -0.4 is 4.74 Å². The molecule has 0 bridgehead atoms. The minimum atomic E-state index is -0.778. The highest BCUT2D eigenvalue weighted by Crippen LogP contribution is 2.33. The van der Waals surface area contributed by atoms with E-state index in [1.807, 2.05) is 49.4 Å². The third-order valence-corrected chi connectivity index (χ3v) is 3.87. The number of aliphatic hydroxyl groups excluding tert-OH is 1. The maximum atomic E-state index is 11.5. The van der Waals surface area contributed by atoms with E-state index < -0.39 is 12.1 Å². The Labute approximate surface area is 145 Å². The minimum Gasteiger partial charge on any atom is -0.426 e. The lowest BCUT2D eigenvalue weighted by Crippen LogP contribution is -2.10. The van der Waals surface area contributed by atoms with Crippen LogP contribution in [0.1, 0.15) is 31.3 Å². The van der Waals surface area contributed by atoms with Crippen LogP contribution in [0.3, 0.4) is 0 Å². The summed E-state index contributed by atoms with van der Waals surface area (Å²) >= 11 is 0. The predicted molar refractivity (Wildman–Crippen MR) is 93.5 cm³/mol. The van der Waals surface area contributed by atoms with Crippen LogP contribution in [0.2, 0.25) is 0 Å². The van der Waals surface area contributed by atoms with Gasteiger partial charge >= 0.3 is 5.97 Å². The van der Waals surface area contributed by atoms with Crippen LogP contribution in [0.25, 0.3) is 16.8 Å². The van der Waals surface area contributed by atoms with Gasteiger partial charge in [-0.15, -0.1) is 0 Å². The van der Waals surface area contributed by atoms with E-state index in [-0.39, 0.29) is 0 Å². The summed E-state index contributed by atoms with van der Waals surface area (Å²) in [6.45, 7) is 4.84. The van der Waals surface area contributed by atoms with E-state index in [9.17, 15) is 9.90 Å². The van der Waals surface area contributed by atoms with Crippen molar-refractivity contribution in [1.29, 1.82) is 0 Å². The number of nitrogens with zero attached hydrogens (tertiary/aromatic N) is 3. The van der Waals surface area contributed by atoms with Crippen molar-refractivity contribution in [2.45, 2.75) is 26.9 Å². The van der Waals surface area contributed by atoms with E-state index in [1.54, 1.807) is 11.6 Å². The van der Waals surface area contributed by atoms with Gasteiger partial charge in [0.25, 0.3) is 0 Å². The SMILES string of the molecule is CC(=O)Oc1cc(-c2ccccc2)cc(-n2ncnc2C(C)O)c1C. The van der Waals surface area contributed by atoms with Crippen molar-refractivity contribution in [3.63, 3.8) is 0 Å². The van der Waals surface area contributed by atoms with Crippen LogP contribution in [-0.2, 0) is 4.79 Å². The molecule has 0 aliphatic rings. The number of hydrogen-bond acceptors (Lipinski definition) is 5. The number of hydrogen-bond donors (Lipinski definition) is 1. The van der Waals surface area contributed by atoms with Crippen LogP contribution >= 0.6 is 0 Å². The van der Waals surface area contributed by atoms with E-state index in [4.69, 9.17) is 4.74 Å². The van der Waals surface area contributed by atoms with E-state index in [0.717, 1.165) is 16.7 Å². The molecule has 6 nitrogen and oxygen atoms in total. The maximum absolute atomic E-state index is 11.5. The fourth-order valence-electron chi connectivity index (χ4n) is 2.67. The molecular formula is C19H19N3O3. The van der Waals surface area contributed by atoms with E-state index in [2.05, 4.69) is 10.1 Å². The van der Waals surface area contributed by atoms with Crippen LogP contribution in [0.4, 0.5) is 0 Å². The number of rotatable bonds is 4. The minimum absolute atomic E-state index is 0.395. The number of carbonyl (C=O) groups is 1. The second-order valence-electron chi connectivity index (χ2n) is 5.78. The lowest BCUT2D eigenvalue weighted by Gasteiger charge is -2.16. The Bertz CT molecular complexity index is 902. The monoisotopic (exact) mass is 337 g/mol. The molecule has 0 spiro atoms. The molecule has 128 valence electrons. The van der Waals surface area contributed by atoms with Crippen molar-refractivity contribution in [2.75, 3.05) is 0 Å². The molecule has 0 saturated carbocycles. The van der Waals surface area contributed by atoms with Crippen LogP contribution in [-0.4, -0.2) is 25.8 Å². The standard InChI is InChI=1S/C19H19N3O3/c1-12-17(22-19(13(2)23)20-11-21-22)9-16(10-18(12)25-14(3)24)15-7-5-4-6-8-15/h4-11,13,23H,1-3H3. The van der Waals surface area contributed by atoms with Crippen LogP contribution in [0, 0.1) is 6.92 Å². The zero-order valence-corrected chi connectivity index (χ0v) is 14.3. The molecule has 1 atom stereocenters. The molecule has 3 rings (SSSR count). The van der Waals surface area contributed by atoms with Crippen molar-refractivity contribution in [3.05, 3.63) is 60.2 Å². The molecule has 1 N–H and O–H groups in total. The molecule has 0 fully saturated rings. The molecule has 3 aromatic rings. The van der Waals surface area contributed by atoms with Gasteiger partial charge in [0.15, 0.2) is 5.82 Å². The second kappa shape index (κ2) is 6.86. The van der Waals surface area contributed by atoms with Gasteiger partial charge in [-0.25, -0.2) is 9.67 Å². The summed E-state index contributed by atoms with van der Waals surface area (Å²) in [6.07, 6.45) is 0.613. The first kappa shape index (κ1) is 16.9. The fraction of sp³-hybridized carbons (Fsp3) is 0.211. The number of aromatic nitrogens is 3. The summed E-state index contributed by atoms with van der Waals surface area (Å²) < 4.78 is 6.95. The van der Waals surface area contributed by atoms with Crippen molar-refractivity contribution in [2.24, 2.45) is 0 Å². The Morgan fingerprint density at radius 2 is 1.92 bits per heavy atom. The first-order valence-electron chi connectivity index (χ1n) is 7.94. The molecule has 0 aliphatic heterocycles. The molecule has 0 radical (unpaired) electrons. The quantitative estimate of drug-likeness (QED) is 0.584. The van der Waals surface area contributed by atoms with Gasteiger partial charge in [0.05, 0.1) is 5.69 Å². The van der Waals surface area contributed by atoms with E-state index in [0.29, 0.717) is 17.3 Å². The molecule has 1 heterocycles. The smallest absolute Gasteiger partial charge is 0.308 e. The van der Waals surface area contributed by atoms with Crippen molar-refractivity contribution in [3.8, 4) is 22.6 Å². The highest BCUT2D eigenvalue weighted by atomic mass is 16.5. The van der Waals surface area contributed by atoms with Gasteiger partial charge in [-0.1, -0.05) is 30.3 Å². The summed E-state index contributed by atoms with van der Waals surface area (Å²) in [5.74, 6) is 0.478. The topological polar surface area (TPSA) is 77.2 Å². The Morgan fingerprint density at radius 3 is 2.56 bits per heavy atom. The zero-order valence-electron chi connectivity index (χ0n) is 14.3. The summed E-state index contributed by atoms with van der Waals surface area (Å²) in [4.78, 5) is 15.6. The first-order chi connectivity index (χ1) is 12.0. The lowest BCUT2D eigenvalue weighted by atomic mass is 10.0. The third kappa shape index (κ3) is 3.44. The van der Waals surface area contributed by atoms with Gasteiger partial charge in [-0.3, -0.25) is 4.79 Å². The fourth-order valence-corrected chi connectivity index (χ4v) is 2.67. The number of ether oxygens (including phenoxy) is 1. The summed E-state index contributed by atoms with van der Waals surface area (Å²) in [5, 5.41) is 14.2. The normalized spacial score (nSPS) is 12.0. The maximum Gasteiger partial charge on any atom is 0.308 e. The average molecular weight is 337 g/mol. The Kier molecular flexibility index (Phi) is 4.63. The number of esters is 1. The number of benzene rings is 2. The summed E-state index contributed by atoms with van der Waals surface area (Å²) in [5.41, 5.74) is 3.30. The van der Waals surface area contributed by atoms with Crippen molar-refractivity contribution < 1.29 is 14.6 Å². The highest BCUT2D eigenvalue weighted by molar-refractivity contribution is 5.75. The second-order valence-corrected chi connectivity index (χ2v) is 5.78. The van der Waals surface area contributed by atoms with E-state index >= 15 is 0 Å². The lowest BCUT2D eigenvalue weighted by molar-refractivity contribution is -0.131. The zero-order chi connectivity index (χ0) is 18.0. The largest absolute Gasteiger partial charge is 0.426 e. The van der Waals surface area contributed by atoms with Gasteiger partial charge in [-0.2, -0.15) is 5.10 Å². The Hall–Kier alpha value is -2.99. The van der Waals surface area contributed by atoms with Crippen molar-refractivity contribution >= 4 is 5.97 Å². The third-order valence-electron chi connectivity index (χ3n) is 3.87. The number of carbonyl (C=O) groups excluding carboxylic acids is 1. The average Bonchev–Trinajstić information content (AvgIpc) is 3.07. The molecule has 6 heteroatoms. The predicted octanol–water partition coefficient (Wildman–Crippen LogP) is 3.22. The first-order valence-corrected chi connectivity index (χ1v) is 7.94. The summed E-state index contributed by atoms with van der Waals surface area (Å²) in [7, 11) is 0. The highest BCUT2D eigenvalue weighted by Gasteiger charge is 2.18. The van der Waals surface area contributed by atoms with Gasteiger partial charge in [0.2, 0.25) is 0 Å². The molecule has 1 unspecified atom stereocenters. The Balaban J connectivity index is 2.23. The summed E-state index contributed by atoms with van der Waals surface area (Å²) in [6, 6.07) is 13.5. The Morgan fingerprint density at radius 1 is 1.20 bits per heavy atom. The van der Waals surface area contributed by atoms with Crippen LogP contribution in [0.15, 0.2) is 48.8 Å². The molecule has 0 amide bonds. The molecule has 0 saturated heterocycles. The molecule has 2 aromatic carbocycles. The van der Waals surface area contributed by atoms with E-state index in [1.165, 1.54) is 13.3 Å². The van der Waals surface area contributed by atoms with Gasteiger partial charge in [0.1, 0.15) is 18.2 Å². The van der Waals surface area contributed by atoms with Gasteiger partial charge < -0.3 is 9.84 Å². The molecule has 25 heavy (non-hydrogen) atoms. The molecule has 0 aliphatic carbocycles.